The van der Waals surface area contributed by atoms with E-state index in [0.717, 1.165) is 28.2 Å². The van der Waals surface area contributed by atoms with Crippen molar-refractivity contribution in [2.75, 3.05) is 18.6 Å². The Morgan fingerprint density at radius 2 is 1.38 bits per heavy atom. The Kier molecular flexibility index (Phi) is 9.64. The van der Waals surface area contributed by atoms with Gasteiger partial charge in [0.15, 0.2) is 33.8 Å². The highest BCUT2D eigenvalue weighted by atomic mass is 35.5. The van der Waals surface area contributed by atoms with E-state index in [4.69, 9.17) is 30.8 Å². The third-order valence-electron chi connectivity index (χ3n) is 7.56. The Morgan fingerprint density at radius 3 is 2.00 bits per heavy atom. The third-order valence-corrected chi connectivity index (χ3v) is 7.56. The van der Waals surface area contributed by atoms with Gasteiger partial charge in [0.1, 0.15) is 22.9 Å². The van der Waals surface area contributed by atoms with Crippen molar-refractivity contribution in [1.29, 1.82) is 0 Å². The predicted molar refractivity (Wildman–Crippen MR) is 188 cm³/mol. The lowest BCUT2D eigenvalue weighted by molar-refractivity contribution is 0.407. The molecule has 17 heteroatoms. The molecule has 2 aromatic carbocycles. The molecule has 8 rings (SSSR count). The number of hydrogen-bond donors (Lipinski definition) is 3. The number of rotatable bonds is 8. The molecule has 0 saturated heterocycles. The number of methoxy groups -OCH3 is 1. The average molecular weight is 694 g/mol. The lowest BCUT2D eigenvalue weighted by atomic mass is 10.1. The number of anilines is 2. The molecular weight excluding hydrogens is 662 g/mol. The molecule has 0 unspecified atom stereocenters. The highest BCUT2D eigenvalue weighted by Crippen LogP contribution is 2.28. The van der Waals surface area contributed by atoms with Crippen LogP contribution in [0.4, 0.5) is 11.9 Å². The molecule has 0 saturated carbocycles. The van der Waals surface area contributed by atoms with E-state index in [1.807, 2.05) is 67.6 Å². The number of aryl methyl sites for hydroxylation is 1. The number of hydrogen-bond acceptors (Lipinski definition) is 14. The Morgan fingerprint density at radius 1 is 0.720 bits per heavy atom. The van der Waals surface area contributed by atoms with Gasteiger partial charge in [0.05, 0.1) is 26.5 Å². The van der Waals surface area contributed by atoms with E-state index in [2.05, 4.69) is 40.6 Å². The number of nitrogens with two attached hydrogens (primary N) is 3. The van der Waals surface area contributed by atoms with Crippen LogP contribution in [0.25, 0.3) is 45.2 Å². The molecular formula is C33H32ClN13O3. The summed E-state index contributed by atoms with van der Waals surface area (Å²) in [5, 5.41) is 16.8. The van der Waals surface area contributed by atoms with E-state index >= 15 is 0 Å². The van der Waals surface area contributed by atoms with Crippen molar-refractivity contribution in [3.63, 3.8) is 0 Å². The minimum absolute atomic E-state index is 0. The number of fused-ring (bicyclic) bond motifs is 2. The van der Waals surface area contributed by atoms with Crippen LogP contribution in [0.5, 0.6) is 5.75 Å². The van der Waals surface area contributed by atoms with Crippen molar-refractivity contribution in [1.82, 2.24) is 49.9 Å². The van der Waals surface area contributed by atoms with Crippen molar-refractivity contribution >= 4 is 46.6 Å². The van der Waals surface area contributed by atoms with E-state index in [-0.39, 0.29) is 24.3 Å². The number of para-hydroxylation sites is 1. The fourth-order valence-corrected chi connectivity index (χ4v) is 5.30. The van der Waals surface area contributed by atoms with Crippen LogP contribution < -0.4 is 21.9 Å². The van der Waals surface area contributed by atoms with Crippen LogP contribution in [0.15, 0.2) is 87.9 Å². The van der Waals surface area contributed by atoms with E-state index < -0.39 is 0 Å². The SMILES string of the molecule is COc1ccccc1Cn1nnc2c(-c3ccco3)nc(N)nc21.Cc1ccc(-c2nc(N)nc3c2nnn3Cc2cccc(CN)c2)o1.Cl. The molecule has 6 heterocycles. The maximum atomic E-state index is 5.89. The van der Waals surface area contributed by atoms with E-state index in [9.17, 15) is 0 Å². The van der Waals surface area contributed by atoms with Crippen molar-refractivity contribution in [3.05, 3.63) is 102 Å². The summed E-state index contributed by atoms with van der Waals surface area (Å²) in [6.07, 6.45) is 1.57. The Bertz CT molecular complexity index is 2380. The van der Waals surface area contributed by atoms with Gasteiger partial charge in [0.2, 0.25) is 11.9 Å². The van der Waals surface area contributed by atoms with Crippen molar-refractivity contribution in [3.8, 4) is 28.7 Å². The quantitative estimate of drug-likeness (QED) is 0.200. The van der Waals surface area contributed by atoms with E-state index in [1.54, 1.807) is 34.9 Å². The molecule has 0 amide bonds. The van der Waals surface area contributed by atoms with Crippen LogP contribution in [-0.4, -0.2) is 57.0 Å². The third kappa shape index (κ3) is 6.78. The lowest BCUT2D eigenvalue weighted by Crippen LogP contribution is -2.06. The van der Waals surface area contributed by atoms with Gasteiger partial charge < -0.3 is 30.8 Å². The molecule has 0 aliphatic carbocycles. The topological polar surface area (TPSA) is 227 Å². The molecule has 254 valence electrons. The fraction of sp³-hybridized carbons (Fsp3) is 0.152. The van der Waals surface area contributed by atoms with Crippen molar-refractivity contribution in [2.45, 2.75) is 26.6 Å². The smallest absolute Gasteiger partial charge is 0.222 e. The Hall–Kier alpha value is -6.39. The summed E-state index contributed by atoms with van der Waals surface area (Å²) in [7, 11) is 1.63. The maximum absolute atomic E-state index is 5.89. The summed E-state index contributed by atoms with van der Waals surface area (Å²) >= 11 is 0. The van der Waals surface area contributed by atoms with Crippen LogP contribution in [-0.2, 0) is 19.6 Å². The highest BCUT2D eigenvalue weighted by Gasteiger charge is 2.19. The fourth-order valence-electron chi connectivity index (χ4n) is 5.30. The van der Waals surface area contributed by atoms with Crippen LogP contribution in [0.2, 0.25) is 0 Å². The summed E-state index contributed by atoms with van der Waals surface area (Å²) in [4.78, 5) is 17.1. The molecule has 0 spiro atoms. The van der Waals surface area contributed by atoms with Crippen LogP contribution in [0.3, 0.4) is 0 Å². The Labute approximate surface area is 290 Å². The number of nitrogen functional groups attached to an aromatic ring is 2. The van der Waals surface area contributed by atoms with E-state index in [0.29, 0.717) is 64.9 Å². The molecule has 0 aliphatic rings. The van der Waals surface area contributed by atoms with Crippen molar-refractivity contribution in [2.24, 2.45) is 5.73 Å². The van der Waals surface area contributed by atoms with Gasteiger partial charge in [-0.3, -0.25) is 0 Å². The van der Waals surface area contributed by atoms with E-state index in [1.165, 1.54) is 0 Å². The van der Waals surface area contributed by atoms with Gasteiger partial charge in [0.25, 0.3) is 0 Å². The van der Waals surface area contributed by atoms with Gasteiger partial charge in [0, 0.05) is 12.1 Å². The monoisotopic (exact) mass is 693 g/mol. The Balaban J connectivity index is 0.000000170. The van der Waals surface area contributed by atoms with Gasteiger partial charge in [-0.2, -0.15) is 9.97 Å². The number of benzene rings is 2. The number of aromatic nitrogens is 10. The molecule has 0 aliphatic heterocycles. The first-order chi connectivity index (χ1) is 23.9. The van der Waals surface area contributed by atoms with Crippen LogP contribution in [0.1, 0.15) is 22.5 Å². The summed E-state index contributed by atoms with van der Waals surface area (Å²) in [6, 6.07) is 23.0. The minimum atomic E-state index is 0. The first-order valence-electron chi connectivity index (χ1n) is 15.1. The summed E-state index contributed by atoms with van der Waals surface area (Å²) in [5.74, 6) is 3.00. The summed E-state index contributed by atoms with van der Waals surface area (Å²) in [6.45, 7) is 3.32. The van der Waals surface area contributed by atoms with Gasteiger partial charge >= 0.3 is 0 Å². The molecule has 6 N–H and O–H groups in total. The average Bonchev–Trinajstić information content (AvgIpc) is 3.94. The molecule has 50 heavy (non-hydrogen) atoms. The van der Waals surface area contributed by atoms with Crippen LogP contribution >= 0.6 is 12.4 Å². The van der Waals surface area contributed by atoms with Gasteiger partial charge in [-0.1, -0.05) is 52.9 Å². The van der Waals surface area contributed by atoms with Gasteiger partial charge in [-0.25, -0.2) is 19.3 Å². The zero-order chi connectivity index (χ0) is 33.9. The highest BCUT2D eigenvalue weighted by molar-refractivity contribution is 5.87. The first kappa shape index (κ1) is 33.5. The van der Waals surface area contributed by atoms with Gasteiger partial charge in [-0.15, -0.1) is 22.6 Å². The second kappa shape index (κ2) is 14.4. The molecule has 16 nitrogen and oxygen atoms in total. The molecule has 6 aromatic heterocycles. The zero-order valence-electron chi connectivity index (χ0n) is 27.0. The number of halogens is 1. The minimum Gasteiger partial charge on any atom is -0.496 e. The number of nitrogens with zero attached hydrogens (tertiary/aromatic N) is 10. The molecule has 0 radical (unpaired) electrons. The predicted octanol–water partition coefficient (Wildman–Crippen LogP) is 4.42. The second-order valence-corrected chi connectivity index (χ2v) is 10.9. The normalized spacial score (nSPS) is 10.9. The largest absolute Gasteiger partial charge is 0.496 e. The summed E-state index contributed by atoms with van der Waals surface area (Å²) < 4.78 is 19.8. The first-order valence-corrected chi connectivity index (χ1v) is 15.1. The number of ether oxygens (including phenoxy) is 1. The zero-order valence-corrected chi connectivity index (χ0v) is 27.8. The molecule has 0 fully saturated rings. The molecule has 0 bridgehead atoms. The molecule has 0 atom stereocenters. The molecule has 8 aromatic rings. The van der Waals surface area contributed by atoms with Gasteiger partial charge in [-0.05, 0) is 48.4 Å². The standard InChI is InChI=1S/C17H17N7O.C16H14N6O2.ClH/c1-10-5-6-13(25-10)14-15-16(21-17(19)20-14)24(23-22-15)9-12-4-2-3-11(7-12)8-18;1-23-11-6-3-2-5-10(11)9-22-15-14(20-21-22)13(18-16(17)19-15)12-7-4-8-24-12;/h2-7H,8-9,18H2,1H3,(H2,19,20,21);2-8H,9H2,1H3,(H2,17,18,19);1H. The number of furan rings is 2. The van der Waals surface area contributed by atoms with Crippen molar-refractivity contribution < 1.29 is 13.6 Å². The lowest BCUT2D eigenvalue weighted by Gasteiger charge is -2.08. The summed E-state index contributed by atoms with van der Waals surface area (Å²) in [5.41, 5.74) is 23.8. The second-order valence-electron chi connectivity index (χ2n) is 10.9. The van der Waals surface area contributed by atoms with Crippen LogP contribution in [0, 0.1) is 6.92 Å². The maximum Gasteiger partial charge on any atom is 0.222 e.